The maximum Gasteiger partial charge on any atom is 0.282 e. The zero-order chi connectivity index (χ0) is 23.5. The minimum Gasteiger partial charge on any atom is -0.488 e. The van der Waals surface area contributed by atoms with Gasteiger partial charge in [-0.15, -0.1) is 0 Å². The fourth-order valence-electron chi connectivity index (χ4n) is 3.31. The summed E-state index contributed by atoms with van der Waals surface area (Å²) in [5.74, 6) is -0.382. The standard InChI is InChI=1S/C25H21Cl2N3O3/c1-29(2)19-10-9-17(23(14-19)33-15-16-8-11-21(26)22(27)12-16)13-20-24(31)28-30(25(20)32)18-6-4-3-5-7-18/h3-14H,15H2,1-2H3,(H,28,31). The number of carbonyl (C=O) groups is 2. The van der Waals surface area contributed by atoms with Crippen LogP contribution in [-0.2, 0) is 16.2 Å². The number of hydrogen-bond donors (Lipinski definition) is 1. The van der Waals surface area contributed by atoms with Crippen molar-refractivity contribution >= 4 is 52.5 Å². The summed E-state index contributed by atoms with van der Waals surface area (Å²) in [5, 5.41) is 2.14. The summed E-state index contributed by atoms with van der Waals surface area (Å²) in [4.78, 5) is 27.5. The van der Waals surface area contributed by atoms with Crippen LogP contribution in [0.25, 0.3) is 6.08 Å². The molecule has 1 aliphatic heterocycles. The molecule has 0 aromatic heterocycles. The molecule has 168 valence electrons. The molecule has 33 heavy (non-hydrogen) atoms. The van der Waals surface area contributed by atoms with Crippen molar-refractivity contribution in [2.45, 2.75) is 6.61 Å². The van der Waals surface area contributed by atoms with E-state index in [2.05, 4.69) is 5.43 Å². The molecule has 1 aliphatic rings. The molecule has 0 saturated carbocycles. The molecule has 1 saturated heterocycles. The van der Waals surface area contributed by atoms with Crippen molar-refractivity contribution in [3.8, 4) is 5.75 Å². The van der Waals surface area contributed by atoms with Crippen LogP contribution in [0.15, 0.2) is 72.3 Å². The highest BCUT2D eigenvalue weighted by Gasteiger charge is 2.34. The molecule has 0 unspecified atom stereocenters. The fourth-order valence-corrected chi connectivity index (χ4v) is 3.63. The van der Waals surface area contributed by atoms with Gasteiger partial charge in [0.2, 0.25) is 0 Å². The molecule has 1 fully saturated rings. The van der Waals surface area contributed by atoms with Crippen molar-refractivity contribution in [3.63, 3.8) is 0 Å². The Morgan fingerprint density at radius 3 is 2.42 bits per heavy atom. The molecular formula is C25H21Cl2N3O3. The smallest absolute Gasteiger partial charge is 0.282 e. The highest BCUT2D eigenvalue weighted by atomic mass is 35.5. The van der Waals surface area contributed by atoms with Crippen LogP contribution in [-0.4, -0.2) is 25.9 Å². The quantitative estimate of drug-likeness (QED) is 0.392. The van der Waals surface area contributed by atoms with Gasteiger partial charge in [-0.3, -0.25) is 15.0 Å². The third kappa shape index (κ3) is 4.97. The highest BCUT2D eigenvalue weighted by Crippen LogP contribution is 2.30. The van der Waals surface area contributed by atoms with Crippen LogP contribution in [0.3, 0.4) is 0 Å². The van der Waals surface area contributed by atoms with E-state index in [-0.39, 0.29) is 12.2 Å². The molecule has 8 heteroatoms. The number of nitrogens with zero attached hydrogens (tertiary/aromatic N) is 2. The number of para-hydroxylation sites is 1. The Morgan fingerprint density at radius 1 is 0.970 bits per heavy atom. The van der Waals surface area contributed by atoms with Crippen molar-refractivity contribution in [1.29, 1.82) is 0 Å². The molecule has 4 rings (SSSR count). The second-order valence-corrected chi connectivity index (χ2v) is 8.44. The van der Waals surface area contributed by atoms with Gasteiger partial charge in [0.25, 0.3) is 11.8 Å². The van der Waals surface area contributed by atoms with Crippen molar-refractivity contribution < 1.29 is 14.3 Å². The Kier molecular flexibility index (Phi) is 6.58. The van der Waals surface area contributed by atoms with E-state index >= 15 is 0 Å². The predicted octanol–water partition coefficient (Wildman–Crippen LogP) is 5.10. The number of nitrogens with one attached hydrogen (secondary N) is 1. The SMILES string of the molecule is CN(C)c1ccc(C=C2C(=O)NN(c3ccccc3)C2=O)c(OCc2ccc(Cl)c(Cl)c2)c1. The largest absolute Gasteiger partial charge is 0.488 e. The van der Waals surface area contributed by atoms with Crippen LogP contribution in [0.4, 0.5) is 11.4 Å². The lowest BCUT2D eigenvalue weighted by atomic mass is 10.1. The van der Waals surface area contributed by atoms with Gasteiger partial charge in [-0.25, -0.2) is 5.01 Å². The fraction of sp³-hybridized carbons (Fsp3) is 0.120. The first kappa shape index (κ1) is 22.7. The van der Waals surface area contributed by atoms with Gasteiger partial charge >= 0.3 is 0 Å². The van der Waals surface area contributed by atoms with E-state index in [0.717, 1.165) is 11.3 Å². The number of rotatable bonds is 6. The third-order valence-electron chi connectivity index (χ3n) is 5.10. The molecule has 0 bridgehead atoms. The highest BCUT2D eigenvalue weighted by molar-refractivity contribution is 6.42. The first-order valence-electron chi connectivity index (χ1n) is 10.1. The van der Waals surface area contributed by atoms with Gasteiger partial charge in [-0.05, 0) is 48.0 Å². The number of hydrazine groups is 1. The number of benzene rings is 3. The predicted molar refractivity (Wildman–Crippen MR) is 132 cm³/mol. The van der Waals surface area contributed by atoms with Crippen LogP contribution in [0.2, 0.25) is 10.0 Å². The van der Waals surface area contributed by atoms with E-state index in [1.807, 2.05) is 49.3 Å². The van der Waals surface area contributed by atoms with E-state index in [0.29, 0.717) is 27.0 Å². The molecule has 3 aromatic rings. The zero-order valence-corrected chi connectivity index (χ0v) is 19.5. The summed E-state index contributed by atoms with van der Waals surface area (Å²) in [6, 6.07) is 19.8. The second-order valence-electron chi connectivity index (χ2n) is 7.63. The van der Waals surface area contributed by atoms with Crippen LogP contribution in [0.5, 0.6) is 5.75 Å². The minimum absolute atomic E-state index is 0.0239. The lowest BCUT2D eigenvalue weighted by Crippen LogP contribution is -2.35. The van der Waals surface area contributed by atoms with Gasteiger partial charge in [0, 0.05) is 31.4 Å². The molecule has 0 spiro atoms. The summed E-state index contributed by atoms with van der Waals surface area (Å²) in [5.41, 5.74) is 5.57. The molecular weight excluding hydrogens is 461 g/mol. The number of ether oxygens (including phenoxy) is 1. The number of carbonyl (C=O) groups excluding carboxylic acids is 2. The summed E-state index contributed by atoms with van der Waals surface area (Å²) < 4.78 is 6.07. The molecule has 2 amide bonds. The Hall–Kier alpha value is -3.48. The first-order chi connectivity index (χ1) is 15.8. The van der Waals surface area contributed by atoms with Crippen LogP contribution >= 0.6 is 23.2 Å². The van der Waals surface area contributed by atoms with Gasteiger partial charge in [-0.1, -0.05) is 47.5 Å². The zero-order valence-electron chi connectivity index (χ0n) is 18.0. The first-order valence-corrected chi connectivity index (χ1v) is 10.9. The molecule has 0 atom stereocenters. The number of hydrogen-bond acceptors (Lipinski definition) is 4. The van der Waals surface area contributed by atoms with Crippen molar-refractivity contribution in [1.82, 2.24) is 5.43 Å². The topological polar surface area (TPSA) is 61.9 Å². The molecule has 1 heterocycles. The third-order valence-corrected chi connectivity index (χ3v) is 5.84. The van der Waals surface area contributed by atoms with Crippen molar-refractivity contribution in [3.05, 3.63) is 93.5 Å². The van der Waals surface area contributed by atoms with Gasteiger partial charge in [-0.2, -0.15) is 0 Å². The number of amides is 2. The molecule has 0 radical (unpaired) electrons. The van der Waals surface area contributed by atoms with Crippen molar-refractivity contribution in [2.24, 2.45) is 0 Å². The van der Waals surface area contributed by atoms with E-state index < -0.39 is 11.8 Å². The van der Waals surface area contributed by atoms with Gasteiger partial charge in [0.1, 0.15) is 17.9 Å². The number of anilines is 2. The summed E-state index contributed by atoms with van der Waals surface area (Å²) in [7, 11) is 3.84. The van der Waals surface area contributed by atoms with Gasteiger partial charge in [0.15, 0.2) is 0 Å². The Balaban J connectivity index is 1.65. The Bertz CT molecular complexity index is 1240. The minimum atomic E-state index is -0.476. The maximum atomic E-state index is 13.0. The van der Waals surface area contributed by atoms with E-state index in [1.165, 1.54) is 5.01 Å². The van der Waals surface area contributed by atoms with Gasteiger partial charge < -0.3 is 9.64 Å². The Morgan fingerprint density at radius 2 is 1.73 bits per heavy atom. The van der Waals surface area contributed by atoms with Gasteiger partial charge in [0.05, 0.1) is 15.7 Å². The Labute approximate surface area is 201 Å². The molecule has 1 N–H and O–H groups in total. The van der Waals surface area contributed by atoms with Crippen LogP contribution in [0.1, 0.15) is 11.1 Å². The summed E-state index contributed by atoms with van der Waals surface area (Å²) in [6.07, 6.45) is 1.55. The maximum absolute atomic E-state index is 13.0. The summed E-state index contributed by atoms with van der Waals surface area (Å²) >= 11 is 12.1. The van der Waals surface area contributed by atoms with Crippen molar-refractivity contribution in [2.75, 3.05) is 24.0 Å². The molecule has 0 aliphatic carbocycles. The van der Waals surface area contributed by atoms with Crippen LogP contribution in [0, 0.1) is 0 Å². The average Bonchev–Trinajstić information content (AvgIpc) is 3.09. The second kappa shape index (κ2) is 9.57. The van der Waals surface area contributed by atoms with E-state index in [4.69, 9.17) is 27.9 Å². The lowest BCUT2D eigenvalue weighted by molar-refractivity contribution is -0.117. The van der Waals surface area contributed by atoms with E-state index in [1.54, 1.807) is 42.5 Å². The number of halogens is 2. The van der Waals surface area contributed by atoms with E-state index in [9.17, 15) is 9.59 Å². The molecule has 6 nitrogen and oxygen atoms in total. The normalized spacial score (nSPS) is 14.5. The van der Waals surface area contributed by atoms with Crippen LogP contribution < -0.4 is 20.1 Å². The average molecular weight is 482 g/mol. The monoisotopic (exact) mass is 481 g/mol. The lowest BCUT2D eigenvalue weighted by Gasteiger charge is -2.16. The molecule has 3 aromatic carbocycles. The summed E-state index contributed by atoms with van der Waals surface area (Å²) in [6.45, 7) is 0.236.